The maximum Gasteiger partial charge on any atom is 0.122 e. The fourth-order valence-corrected chi connectivity index (χ4v) is 2.20. The van der Waals surface area contributed by atoms with Crippen molar-refractivity contribution >= 4 is 0 Å². The van der Waals surface area contributed by atoms with Crippen LogP contribution in [0.15, 0.2) is 47.1 Å². The van der Waals surface area contributed by atoms with E-state index in [1.807, 2.05) is 13.0 Å². The third-order valence-corrected chi connectivity index (χ3v) is 3.34. The molecular weight excluding hydrogens is 211 g/mol. The number of rotatable bonds is 4. The van der Waals surface area contributed by atoms with Crippen LogP contribution >= 0.6 is 0 Å². The van der Waals surface area contributed by atoms with Crippen LogP contribution in [0.1, 0.15) is 40.5 Å². The zero-order chi connectivity index (χ0) is 13.0. The minimum absolute atomic E-state index is 0.329. The quantitative estimate of drug-likeness (QED) is 0.590. The molecule has 1 heteroatoms. The van der Waals surface area contributed by atoms with Gasteiger partial charge in [0.1, 0.15) is 6.17 Å². The van der Waals surface area contributed by atoms with Crippen molar-refractivity contribution in [1.82, 2.24) is 0 Å². The second-order valence-corrected chi connectivity index (χ2v) is 4.88. The van der Waals surface area contributed by atoms with E-state index in [0.717, 1.165) is 24.0 Å². The topological polar surface area (TPSA) is 0 Å². The molecule has 0 aliphatic heterocycles. The van der Waals surface area contributed by atoms with Gasteiger partial charge in [-0.2, -0.15) is 0 Å². The molecule has 0 saturated heterocycles. The molecule has 17 heavy (non-hydrogen) atoms. The summed E-state index contributed by atoms with van der Waals surface area (Å²) in [6, 6.07) is 0. The minimum atomic E-state index is -0.933. The summed E-state index contributed by atoms with van der Waals surface area (Å²) in [4.78, 5) is 0. The summed E-state index contributed by atoms with van der Waals surface area (Å²) in [5, 5.41) is 0. The molecule has 2 atom stereocenters. The lowest BCUT2D eigenvalue weighted by Crippen LogP contribution is -2.08. The summed E-state index contributed by atoms with van der Waals surface area (Å²) in [5.74, 6) is 0.329. The predicted molar refractivity (Wildman–Crippen MR) is 73.7 cm³/mol. The smallest absolute Gasteiger partial charge is 0.122 e. The van der Waals surface area contributed by atoms with E-state index in [0.29, 0.717) is 5.92 Å². The Labute approximate surface area is 105 Å². The molecule has 1 rings (SSSR count). The third-order valence-electron chi connectivity index (χ3n) is 3.34. The molecule has 1 aliphatic carbocycles. The van der Waals surface area contributed by atoms with Gasteiger partial charge >= 0.3 is 0 Å². The summed E-state index contributed by atoms with van der Waals surface area (Å²) < 4.78 is 13.5. The average Bonchev–Trinajstić information content (AvgIpc) is 2.26. The van der Waals surface area contributed by atoms with E-state index in [1.54, 1.807) is 6.92 Å². The molecular formula is C16H23F. The van der Waals surface area contributed by atoms with Crippen LogP contribution in [0.25, 0.3) is 0 Å². The molecule has 0 heterocycles. The molecule has 0 N–H and O–H groups in total. The monoisotopic (exact) mass is 234 g/mol. The molecule has 0 spiro atoms. The summed E-state index contributed by atoms with van der Waals surface area (Å²) in [6.45, 7) is 11.6. The normalized spacial score (nSPS) is 22.9. The van der Waals surface area contributed by atoms with Gasteiger partial charge in [-0.05, 0) is 39.2 Å². The second-order valence-electron chi connectivity index (χ2n) is 4.88. The molecule has 0 radical (unpaired) electrons. The van der Waals surface area contributed by atoms with E-state index in [2.05, 4.69) is 32.6 Å². The molecule has 0 saturated carbocycles. The average molecular weight is 234 g/mol. The first-order valence-electron chi connectivity index (χ1n) is 6.34. The van der Waals surface area contributed by atoms with Gasteiger partial charge in [-0.15, -0.1) is 0 Å². The molecule has 0 fully saturated rings. The minimum Gasteiger partial charge on any atom is -0.243 e. The van der Waals surface area contributed by atoms with Crippen molar-refractivity contribution in [1.29, 1.82) is 0 Å². The highest BCUT2D eigenvalue weighted by molar-refractivity contribution is 5.36. The number of allylic oxidation sites excluding steroid dienone is 7. The van der Waals surface area contributed by atoms with Crippen LogP contribution in [0.5, 0.6) is 0 Å². The van der Waals surface area contributed by atoms with E-state index < -0.39 is 6.17 Å². The van der Waals surface area contributed by atoms with Crippen LogP contribution in [-0.4, -0.2) is 6.17 Å². The molecule has 0 aromatic carbocycles. The van der Waals surface area contributed by atoms with Gasteiger partial charge in [0, 0.05) is 5.92 Å². The molecule has 0 aromatic rings. The summed E-state index contributed by atoms with van der Waals surface area (Å²) >= 11 is 0. The summed E-state index contributed by atoms with van der Waals surface area (Å²) in [5.41, 5.74) is 4.29. The van der Waals surface area contributed by atoms with Gasteiger partial charge in [0.05, 0.1) is 0 Å². The molecule has 0 bridgehead atoms. The molecule has 0 aromatic heterocycles. The number of hydrogen-bond donors (Lipinski definition) is 0. The highest BCUT2D eigenvalue weighted by Crippen LogP contribution is 2.29. The Kier molecular flexibility index (Phi) is 4.92. The van der Waals surface area contributed by atoms with Gasteiger partial charge in [-0.25, -0.2) is 4.39 Å². The Bertz CT molecular complexity index is 380. The Morgan fingerprint density at radius 2 is 2.29 bits per heavy atom. The van der Waals surface area contributed by atoms with E-state index in [9.17, 15) is 4.39 Å². The lowest BCUT2D eigenvalue weighted by atomic mass is 9.86. The van der Waals surface area contributed by atoms with E-state index in [-0.39, 0.29) is 0 Å². The Hall–Kier alpha value is -1.11. The SMILES string of the molecule is C=C(C)/C(=C\C1CC=C(CC)C=C1C)C(C)F. The summed E-state index contributed by atoms with van der Waals surface area (Å²) in [7, 11) is 0. The lowest BCUT2D eigenvalue weighted by molar-refractivity contribution is 0.412. The van der Waals surface area contributed by atoms with Crippen molar-refractivity contribution in [3.8, 4) is 0 Å². The fourth-order valence-electron chi connectivity index (χ4n) is 2.20. The van der Waals surface area contributed by atoms with Crippen LogP contribution in [0.4, 0.5) is 4.39 Å². The molecule has 94 valence electrons. The highest BCUT2D eigenvalue weighted by Gasteiger charge is 2.15. The van der Waals surface area contributed by atoms with Crippen LogP contribution in [0.3, 0.4) is 0 Å². The lowest BCUT2D eigenvalue weighted by Gasteiger charge is -2.20. The zero-order valence-corrected chi connectivity index (χ0v) is 11.4. The molecule has 0 nitrogen and oxygen atoms in total. The van der Waals surface area contributed by atoms with Crippen LogP contribution < -0.4 is 0 Å². The second kappa shape index (κ2) is 6.00. The third kappa shape index (κ3) is 3.69. The largest absolute Gasteiger partial charge is 0.243 e. The van der Waals surface area contributed by atoms with E-state index in [4.69, 9.17) is 0 Å². The molecule has 2 unspecified atom stereocenters. The van der Waals surface area contributed by atoms with E-state index in [1.165, 1.54) is 11.1 Å². The first-order chi connectivity index (χ1) is 7.95. The number of alkyl halides is 1. The van der Waals surface area contributed by atoms with Crippen LogP contribution in [0.2, 0.25) is 0 Å². The summed E-state index contributed by atoms with van der Waals surface area (Å²) in [6.07, 6.45) is 7.64. The first kappa shape index (κ1) is 14.0. The van der Waals surface area contributed by atoms with Gasteiger partial charge in [0.15, 0.2) is 0 Å². The van der Waals surface area contributed by atoms with Crippen molar-refractivity contribution in [2.75, 3.05) is 0 Å². The number of hydrogen-bond acceptors (Lipinski definition) is 0. The van der Waals surface area contributed by atoms with Crippen LogP contribution in [0, 0.1) is 5.92 Å². The first-order valence-corrected chi connectivity index (χ1v) is 6.34. The van der Waals surface area contributed by atoms with Crippen molar-refractivity contribution in [3.05, 3.63) is 47.1 Å². The maximum atomic E-state index is 13.5. The van der Waals surface area contributed by atoms with E-state index >= 15 is 0 Å². The van der Waals surface area contributed by atoms with Gasteiger partial charge in [0.2, 0.25) is 0 Å². The zero-order valence-electron chi connectivity index (χ0n) is 11.4. The Balaban J connectivity index is 2.90. The van der Waals surface area contributed by atoms with Crippen LogP contribution in [-0.2, 0) is 0 Å². The van der Waals surface area contributed by atoms with Crippen molar-refractivity contribution < 1.29 is 4.39 Å². The van der Waals surface area contributed by atoms with Gasteiger partial charge in [-0.1, -0.05) is 48.5 Å². The fraction of sp³-hybridized carbons (Fsp3) is 0.500. The predicted octanol–water partition coefficient (Wildman–Crippen LogP) is 5.15. The number of halogens is 1. The van der Waals surface area contributed by atoms with Gasteiger partial charge in [0.25, 0.3) is 0 Å². The Morgan fingerprint density at radius 3 is 2.71 bits per heavy atom. The maximum absolute atomic E-state index is 13.5. The van der Waals surface area contributed by atoms with Crippen molar-refractivity contribution in [3.63, 3.8) is 0 Å². The Morgan fingerprint density at radius 1 is 1.65 bits per heavy atom. The standard InChI is InChI=1S/C16H23F/c1-6-14-7-8-15(12(4)9-14)10-16(11(2)3)13(5)17/h7,9-10,13,15H,2,6,8H2,1,3-5H3/b16-10+. The van der Waals surface area contributed by atoms with Crippen molar-refractivity contribution in [2.45, 2.75) is 46.7 Å². The van der Waals surface area contributed by atoms with Gasteiger partial charge < -0.3 is 0 Å². The van der Waals surface area contributed by atoms with Crippen molar-refractivity contribution in [2.24, 2.45) is 5.92 Å². The highest BCUT2D eigenvalue weighted by atomic mass is 19.1. The molecule has 0 amide bonds. The molecule has 1 aliphatic rings. The van der Waals surface area contributed by atoms with Gasteiger partial charge in [-0.3, -0.25) is 0 Å².